The second kappa shape index (κ2) is 7.43. The topological polar surface area (TPSA) is 20.3 Å². The first kappa shape index (κ1) is 18.7. The molecule has 1 atom stereocenters. The van der Waals surface area contributed by atoms with Gasteiger partial charge in [-0.15, -0.1) is 11.3 Å². The highest BCUT2D eigenvalue weighted by Crippen LogP contribution is 2.38. The lowest BCUT2D eigenvalue weighted by molar-refractivity contribution is -0.137. The minimum Gasteiger partial charge on any atom is -0.331 e. The monoisotopic (exact) mass is 401 g/mol. The second-order valence-corrected chi connectivity index (χ2v) is 7.82. The number of alkyl halides is 3. The van der Waals surface area contributed by atoms with E-state index in [0.29, 0.717) is 12.1 Å². The van der Waals surface area contributed by atoms with E-state index in [2.05, 4.69) is 6.07 Å². The van der Waals surface area contributed by atoms with E-state index in [-0.39, 0.29) is 18.4 Å². The Labute approximate surface area is 165 Å². The maximum absolute atomic E-state index is 13.1. The third-order valence-corrected chi connectivity index (χ3v) is 6.03. The Bertz CT molecular complexity index is 963. The molecule has 0 bridgehead atoms. The van der Waals surface area contributed by atoms with Crippen LogP contribution in [0.15, 0.2) is 66.0 Å². The first-order chi connectivity index (χ1) is 13.4. The zero-order chi connectivity index (χ0) is 19.7. The van der Waals surface area contributed by atoms with E-state index >= 15 is 0 Å². The number of thiophene rings is 1. The molecule has 0 spiro atoms. The highest BCUT2D eigenvalue weighted by atomic mass is 32.1. The Morgan fingerprint density at radius 3 is 2.43 bits per heavy atom. The van der Waals surface area contributed by atoms with Gasteiger partial charge in [0.2, 0.25) is 5.91 Å². The van der Waals surface area contributed by atoms with Gasteiger partial charge in [0.1, 0.15) is 0 Å². The van der Waals surface area contributed by atoms with Gasteiger partial charge in [0.05, 0.1) is 18.0 Å². The number of carbonyl (C=O) groups is 1. The van der Waals surface area contributed by atoms with Gasteiger partial charge >= 0.3 is 6.18 Å². The molecule has 0 N–H and O–H groups in total. The maximum Gasteiger partial charge on any atom is 0.416 e. The Balaban J connectivity index is 1.59. The van der Waals surface area contributed by atoms with Gasteiger partial charge in [0.15, 0.2) is 0 Å². The van der Waals surface area contributed by atoms with E-state index in [9.17, 15) is 18.0 Å². The summed E-state index contributed by atoms with van der Waals surface area (Å²) in [5.41, 5.74) is 2.07. The largest absolute Gasteiger partial charge is 0.416 e. The minimum absolute atomic E-state index is 0.0783. The third-order valence-electron chi connectivity index (χ3n) is 5.04. The van der Waals surface area contributed by atoms with Crippen molar-refractivity contribution in [3.63, 3.8) is 0 Å². The van der Waals surface area contributed by atoms with E-state index < -0.39 is 11.7 Å². The van der Waals surface area contributed by atoms with Crippen LogP contribution >= 0.6 is 11.3 Å². The Morgan fingerprint density at radius 1 is 1.04 bits per heavy atom. The van der Waals surface area contributed by atoms with E-state index in [4.69, 9.17) is 0 Å². The average molecular weight is 401 g/mol. The number of hydrogen-bond acceptors (Lipinski definition) is 2. The normalized spacial score (nSPS) is 16.7. The summed E-state index contributed by atoms with van der Waals surface area (Å²) in [7, 11) is 0. The van der Waals surface area contributed by atoms with Gasteiger partial charge in [-0.1, -0.05) is 42.5 Å². The van der Waals surface area contributed by atoms with Crippen molar-refractivity contribution in [1.82, 2.24) is 4.90 Å². The number of fused-ring (bicyclic) bond motifs is 1. The number of benzene rings is 2. The summed E-state index contributed by atoms with van der Waals surface area (Å²) in [6, 6.07) is 16.6. The van der Waals surface area contributed by atoms with Crippen LogP contribution in [-0.4, -0.2) is 17.4 Å². The second-order valence-electron chi connectivity index (χ2n) is 6.82. The molecule has 2 heterocycles. The zero-order valence-corrected chi connectivity index (χ0v) is 15.8. The number of nitrogens with zero attached hydrogens (tertiary/aromatic N) is 1. The highest BCUT2D eigenvalue weighted by Gasteiger charge is 2.33. The van der Waals surface area contributed by atoms with Crippen LogP contribution in [0.25, 0.3) is 0 Å². The molecule has 0 fully saturated rings. The molecule has 0 aliphatic carbocycles. The van der Waals surface area contributed by atoms with Gasteiger partial charge in [0, 0.05) is 11.4 Å². The predicted molar refractivity (Wildman–Crippen MR) is 103 cm³/mol. The number of amides is 1. The van der Waals surface area contributed by atoms with Gasteiger partial charge in [0.25, 0.3) is 0 Å². The van der Waals surface area contributed by atoms with Crippen molar-refractivity contribution in [3.05, 3.63) is 93.2 Å². The van der Waals surface area contributed by atoms with Crippen LogP contribution in [0.4, 0.5) is 13.2 Å². The molecule has 28 heavy (non-hydrogen) atoms. The van der Waals surface area contributed by atoms with Crippen molar-refractivity contribution in [2.24, 2.45) is 0 Å². The summed E-state index contributed by atoms with van der Waals surface area (Å²) in [5, 5.41) is 2.05. The molecule has 4 rings (SSSR count). The minimum atomic E-state index is -4.37. The average Bonchev–Trinajstić information content (AvgIpc) is 3.16. The third kappa shape index (κ3) is 3.69. The summed E-state index contributed by atoms with van der Waals surface area (Å²) in [4.78, 5) is 16.2. The van der Waals surface area contributed by atoms with Gasteiger partial charge < -0.3 is 4.90 Å². The predicted octanol–water partition coefficient (Wildman–Crippen LogP) is 5.48. The van der Waals surface area contributed by atoms with Crippen molar-refractivity contribution in [2.45, 2.75) is 25.1 Å². The maximum atomic E-state index is 13.1. The lowest BCUT2D eigenvalue weighted by Crippen LogP contribution is -2.40. The van der Waals surface area contributed by atoms with Crippen LogP contribution < -0.4 is 0 Å². The molecule has 1 aliphatic rings. The molecule has 0 radical (unpaired) electrons. The van der Waals surface area contributed by atoms with Crippen LogP contribution in [0.3, 0.4) is 0 Å². The SMILES string of the molecule is O=C(Cc1ccc(C(F)(F)F)cc1)N1CCc2sccc2C1c1ccccc1. The van der Waals surface area contributed by atoms with E-state index in [0.717, 1.165) is 29.7 Å². The molecule has 144 valence electrons. The van der Waals surface area contributed by atoms with Crippen molar-refractivity contribution in [3.8, 4) is 0 Å². The molecule has 1 amide bonds. The standard InChI is InChI=1S/C22H18F3NOS/c23-22(24,25)17-8-6-15(7-9-17)14-20(27)26-12-10-19-18(11-13-28-19)21(26)16-4-2-1-3-5-16/h1-9,11,13,21H,10,12,14H2. The Morgan fingerprint density at radius 2 is 1.75 bits per heavy atom. The molecular weight excluding hydrogens is 383 g/mol. The first-order valence-corrected chi connectivity index (χ1v) is 9.88. The highest BCUT2D eigenvalue weighted by molar-refractivity contribution is 7.10. The first-order valence-electron chi connectivity index (χ1n) is 9.00. The quantitative estimate of drug-likeness (QED) is 0.569. The van der Waals surface area contributed by atoms with E-state index in [1.165, 1.54) is 17.0 Å². The molecule has 0 saturated carbocycles. The fourth-order valence-corrected chi connectivity index (χ4v) is 4.57. The molecule has 3 aromatic rings. The van der Waals surface area contributed by atoms with Crippen molar-refractivity contribution in [1.29, 1.82) is 0 Å². The molecular formula is C22H18F3NOS. The summed E-state index contributed by atoms with van der Waals surface area (Å²) in [6.07, 6.45) is -3.49. The summed E-state index contributed by atoms with van der Waals surface area (Å²) >= 11 is 1.70. The fourth-order valence-electron chi connectivity index (χ4n) is 3.67. The van der Waals surface area contributed by atoms with Crippen LogP contribution in [0, 0.1) is 0 Å². The lowest BCUT2D eigenvalue weighted by Gasteiger charge is -2.36. The van der Waals surface area contributed by atoms with Gasteiger partial charge in [-0.25, -0.2) is 0 Å². The summed E-state index contributed by atoms with van der Waals surface area (Å²) in [6.45, 7) is 0.604. The molecule has 1 aliphatic heterocycles. The van der Waals surface area contributed by atoms with Crippen molar-refractivity contribution < 1.29 is 18.0 Å². The van der Waals surface area contributed by atoms with Crippen LogP contribution in [0.2, 0.25) is 0 Å². The van der Waals surface area contributed by atoms with E-state index in [1.807, 2.05) is 40.6 Å². The molecule has 1 unspecified atom stereocenters. The lowest BCUT2D eigenvalue weighted by atomic mass is 9.92. The van der Waals surface area contributed by atoms with Crippen molar-refractivity contribution >= 4 is 17.2 Å². The summed E-state index contributed by atoms with van der Waals surface area (Å²) in [5.74, 6) is -0.0783. The van der Waals surface area contributed by atoms with Crippen molar-refractivity contribution in [2.75, 3.05) is 6.54 Å². The number of hydrogen-bond donors (Lipinski definition) is 0. The van der Waals surface area contributed by atoms with Crippen LogP contribution in [0.5, 0.6) is 0 Å². The van der Waals surface area contributed by atoms with Crippen LogP contribution in [-0.2, 0) is 23.8 Å². The molecule has 2 nitrogen and oxygen atoms in total. The number of carbonyl (C=O) groups excluding carboxylic acids is 1. The molecule has 2 aromatic carbocycles. The van der Waals surface area contributed by atoms with Gasteiger partial charge in [-0.2, -0.15) is 13.2 Å². The van der Waals surface area contributed by atoms with Crippen LogP contribution in [0.1, 0.15) is 33.2 Å². The number of halogens is 3. The van der Waals surface area contributed by atoms with Gasteiger partial charge in [-0.05, 0) is 46.7 Å². The molecule has 1 aromatic heterocycles. The Hall–Kier alpha value is -2.60. The fraction of sp³-hybridized carbons (Fsp3) is 0.227. The smallest absolute Gasteiger partial charge is 0.331 e. The molecule has 6 heteroatoms. The van der Waals surface area contributed by atoms with Gasteiger partial charge in [-0.3, -0.25) is 4.79 Å². The van der Waals surface area contributed by atoms with E-state index in [1.54, 1.807) is 11.3 Å². The summed E-state index contributed by atoms with van der Waals surface area (Å²) < 4.78 is 38.2. The number of rotatable bonds is 3. The Kier molecular flexibility index (Phi) is 4.98. The molecule has 0 saturated heterocycles. The zero-order valence-electron chi connectivity index (χ0n) is 14.9.